The standard InChI is InChI=1S/C21H40O3/c1-4-5-6-7-8-9-11-14-17-20(23-2)18-15-12-10-13-16-19-21(22)24-3/h14,17,20H,4-13,15-16,18-19H2,1-3H3/b17-14-. The highest BCUT2D eigenvalue weighted by Gasteiger charge is 2.03. The number of carbonyl (C=O) groups excluding carboxylic acids is 1. The maximum absolute atomic E-state index is 11.0. The van der Waals surface area contributed by atoms with Gasteiger partial charge in [-0.3, -0.25) is 4.79 Å². The van der Waals surface area contributed by atoms with Crippen LogP contribution in [0.15, 0.2) is 12.2 Å². The van der Waals surface area contributed by atoms with Gasteiger partial charge in [-0.05, 0) is 25.7 Å². The van der Waals surface area contributed by atoms with Crippen LogP contribution in [0.3, 0.4) is 0 Å². The molecule has 0 aromatic heterocycles. The lowest BCUT2D eigenvalue weighted by atomic mass is 10.1. The number of ether oxygens (including phenoxy) is 2. The summed E-state index contributed by atoms with van der Waals surface area (Å²) < 4.78 is 10.2. The van der Waals surface area contributed by atoms with Crippen LogP contribution in [0.4, 0.5) is 0 Å². The fourth-order valence-electron chi connectivity index (χ4n) is 2.83. The lowest BCUT2D eigenvalue weighted by Gasteiger charge is -2.10. The van der Waals surface area contributed by atoms with E-state index in [0.717, 1.165) is 19.3 Å². The van der Waals surface area contributed by atoms with Gasteiger partial charge in [-0.1, -0.05) is 76.9 Å². The molecule has 24 heavy (non-hydrogen) atoms. The van der Waals surface area contributed by atoms with Crippen molar-refractivity contribution in [2.24, 2.45) is 0 Å². The van der Waals surface area contributed by atoms with Crippen molar-refractivity contribution in [3.05, 3.63) is 12.2 Å². The van der Waals surface area contributed by atoms with Gasteiger partial charge in [0.15, 0.2) is 0 Å². The Labute approximate surface area is 150 Å². The first kappa shape index (κ1) is 23.2. The number of carbonyl (C=O) groups is 1. The number of esters is 1. The van der Waals surface area contributed by atoms with Gasteiger partial charge in [-0.15, -0.1) is 0 Å². The van der Waals surface area contributed by atoms with Crippen molar-refractivity contribution in [2.45, 2.75) is 103 Å². The first-order chi connectivity index (χ1) is 11.7. The molecule has 0 radical (unpaired) electrons. The number of methoxy groups -OCH3 is 2. The molecule has 3 heteroatoms. The van der Waals surface area contributed by atoms with E-state index in [9.17, 15) is 4.79 Å². The molecule has 0 amide bonds. The molecule has 0 rings (SSSR count). The molecule has 0 N–H and O–H groups in total. The topological polar surface area (TPSA) is 35.5 Å². The Morgan fingerprint density at radius 2 is 1.50 bits per heavy atom. The van der Waals surface area contributed by atoms with Crippen LogP contribution in [0.2, 0.25) is 0 Å². The fourth-order valence-corrected chi connectivity index (χ4v) is 2.83. The van der Waals surface area contributed by atoms with Gasteiger partial charge in [0, 0.05) is 13.5 Å². The van der Waals surface area contributed by atoms with Crippen molar-refractivity contribution in [3.8, 4) is 0 Å². The van der Waals surface area contributed by atoms with Crippen LogP contribution in [0.5, 0.6) is 0 Å². The van der Waals surface area contributed by atoms with Gasteiger partial charge in [-0.2, -0.15) is 0 Å². The fraction of sp³-hybridized carbons (Fsp3) is 0.857. The number of rotatable bonds is 17. The Hall–Kier alpha value is -0.830. The van der Waals surface area contributed by atoms with E-state index < -0.39 is 0 Å². The molecule has 0 fully saturated rings. The molecule has 0 bridgehead atoms. The van der Waals surface area contributed by atoms with Gasteiger partial charge in [0.2, 0.25) is 0 Å². The quantitative estimate of drug-likeness (QED) is 0.179. The molecule has 0 heterocycles. The van der Waals surface area contributed by atoms with Crippen molar-refractivity contribution in [2.75, 3.05) is 14.2 Å². The molecule has 1 unspecified atom stereocenters. The normalized spacial score (nSPS) is 12.6. The van der Waals surface area contributed by atoms with Crippen LogP contribution in [-0.4, -0.2) is 26.3 Å². The monoisotopic (exact) mass is 340 g/mol. The summed E-state index contributed by atoms with van der Waals surface area (Å²) in [6.45, 7) is 2.26. The average molecular weight is 341 g/mol. The minimum Gasteiger partial charge on any atom is -0.469 e. The van der Waals surface area contributed by atoms with Crippen LogP contribution in [0, 0.1) is 0 Å². The molecule has 0 aliphatic rings. The zero-order valence-corrected chi connectivity index (χ0v) is 16.4. The Morgan fingerprint density at radius 3 is 2.17 bits per heavy atom. The summed E-state index contributed by atoms with van der Waals surface area (Å²) in [5, 5.41) is 0. The predicted octanol–water partition coefficient (Wildman–Crippen LogP) is 6.21. The van der Waals surface area contributed by atoms with Gasteiger partial charge in [-0.25, -0.2) is 0 Å². The van der Waals surface area contributed by atoms with E-state index in [1.165, 1.54) is 71.3 Å². The van der Waals surface area contributed by atoms with E-state index in [0.29, 0.717) is 6.42 Å². The summed E-state index contributed by atoms with van der Waals surface area (Å²) >= 11 is 0. The van der Waals surface area contributed by atoms with E-state index in [-0.39, 0.29) is 12.1 Å². The van der Waals surface area contributed by atoms with E-state index in [4.69, 9.17) is 4.74 Å². The average Bonchev–Trinajstić information content (AvgIpc) is 2.60. The summed E-state index contributed by atoms with van der Waals surface area (Å²) in [4.78, 5) is 11.0. The summed E-state index contributed by atoms with van der Waals surface area (Å²) in [5.41, 5.74) is 0. The molecule has 0 aliphatic carbocycles. The number of unbranched alkanes of at least 4 members (excludes halogenated alkanes) is 10. The molecule has 1 atom stereocenters. The molecule has 142 valence electrons. The molecule has 3 nitrogen and oxygen atoms in total. The van der Waals surface area contributed by atoms with Crippen LogP contribution in [-0.2, 0) is 14.3 Å². The van der Waals surface area contributed by atoms with Gasteiger partial charge in [0.1, 0.15) is 0 Å². The second-order valence-corrected chi connectivity index (χ2v) is 6.64. The number of hydrogen-bond acceptors (Lipinski definition) is 3. The summed E-state index contributed by atoms with van der Waals surface area (Å²) in [7, 11) is 3.25. The molecular formula is C21H40O3. The van der Waals surface area contributed by atoms with E-state index in [2.05, 4.69) is 23.8 Å². The SMILES string of the molecule is CCCCCCCC/C=C\C(CCCCCCCC(=O)OC)OC. The van der Waals surface area contributed by atoms with Crippen molar-refractivity contribution >= 4 is 5.97 Å². The molecule has 0 saturated carbocycles. The highest BCUT2D eigenvalue weighted by molar-refractivity contribution is 5.68. The third-order valence-corrected chi connectivity index (χ3v) is 4.48. The van der Waals surface area contributed by atoms with Gasteiger partial charge < -0.3 is 9.47 Å². The smallest absolute Gasteiger partial charge is 0.305 e. The van der Waals surface area contributed by atoms with Gasteiger partial charge in [0.25, 0.3) is 0 Å². The highest BCUT2D eigenvalue weighted by Crippen LogP contribution is 2.12. The van der Waals surface area contributed by atoms with Crippen molar-refractivity contribution in [3.63, 3.8) is 0 Å². The predicted molar refractivity (Wildman–Crippen MR) is 102 cm³/mol. The Morgan fingerprint density at radius 1 is 0.875 bits per heavy atom. The first-order valence-corrected chi connectivity index (χ1v) is 10.0. The minimum atomic E-state index is -0.0926. The zero-order chi connectivity index (χ0) is 17.9. The number of allylic oxidation sites excluding steroid dienone is 1. The minimum absolute atomic E-state index is 0.0926. The molecule has 0 aromatic rings. The maximum atomic E-state index is 11.0. The van der Waals surface area contributed by atoms with Crippen molar-refractivity contribution < 1.29 is 14.3 Å². The van der Waals surface area contributed by atoms with Gasteiger partial charge >= 0.3 is 5.97 Å². The van der Waals surface area contributed by atoms with Crippen LogP contribution in [0.1, 0.15) is 96.8 Å². The van der Waals surface area contributed by atoms with Crippen molar-refractivity contribution in [1.29, 1.82) is 0 Å². The third kappa shape index (κ3) is 16.0. The number of hydrogen-bond donors (Lipinski definition) is 0. The Kier molecular flexibility index (Phi) is 17.9. The van der Waals surface area contributed by atoms with Crippen LogP contribution >= 0.6 is 0 Å². The molecular weight excluding hydrogens is 300 g/mol. The zero-order valence-electron chi connectivity index (χ0n) is 16.4. The molecule has 0 saturated heterocycles. The lowest BCUT2D eigenvalue weighted by Crippen LogP contribution is -2.06. The summed E-state index contributed by atoms with van der Waals surface area (Å²) in [6.07, 6.45) is 21.4. The third-order valence-electron chi connectivity index (χ3n) is 4.48. The van der Waals surface area contributed by atoms with Crippen molar-refractivity contribution in [1.82, 2.24) is 0 Å². The molecule has 0 spiro atoms. The second kappa shape index (κ2) is 18.5. The summed E-state index contributed by atoms with van der Waals surface area (Å²) in [6, 6.07) is 0. The highest BCUT2D eigenvalue weighted by atomic mass is 16.5. The molecule has 0 aliphatic heterocycles. The first-order valence-electron chi connectivity index (χ1n) is 10.0. The van der Waals surface area contributed by atoms with E-state index in [1.807, 2.05) is 0 Å². The second-order valence-electron chi connectivity index (χ2n) is 6.64. The Balaban J connectivity index is 3.48. The van der Waals surface area contributed by atoms with E-state index in [1.54, 1.807) is 7.11 Å². The van der Waals surface area contributed by atoms with E-state index >= 15 is 0 Å². The van der Waals surface area contributed by atoms with Crippen LogP contribution < -0.4 is 0 Å². The Bertz CT molecular complexity index is 299. The largest absolute Gasteiger partial charge is 0.469 e. The van der Waals surface area contributed by atoms with Gasteiger partial charge in [0.05, 0.1) is 13.2 Å². The molecule has 0 aromatic carbocycles. The summed E-state index contributed by atoms with van der Waals surface area (Å²) in [5.74, 6) is -0.0926. The lowest BCUT2D eigenvalue weighted by molar-refractivity contribution is -0.140. The van der Waals surface area contributed by atoms with Crippen LogP contribution in [0.25, 0.3) is 0 Å². The maximum Gasteiger partial charge on any atom is 0.305 e.